The number of amides is 1. The van der Waals surface area contributed by atoms with E-state index in [9.17, 15) is 18.0 Å². The second kappa shape index (κ2) is 8.95. The number of nitrogens with one attached hydrogen (secondary N) is 1. The number of carbonyl (C=O) groups excluding carboxylic acids is 1. The highest BCUT2D eigenvalue weighted by Crippen LogP contribution is 2.26. The summed E-state index contributed by atoms with van der Waals surface area (Å²) in [5.74, 6) is 0.913. The number of fused-ring (bicyclic) bond motifs is 1. The van der Waals surface area contributed by atoms with Gasteiger partial charge in [0.15, 0.2) is 0 Å². The van der Waals surface area contributed by atoms with Gasteiger partial charge in [0.1, 0.15) is 18.1 Å². The molecule has 150 valence electrons. The predicted octanol–water partition coefficient (Wildman–Crippen LogP) is 3.80. The average molecular weight is 393 g/mol. The van der Waals surface area contributed by atoms with Crippen molar-refractivity contribution >= 4 is 11.7 Å². The minimum atomic E-state index is -4.41. The fourth-order valence-electron chi connectivity index (χ4n) is 3.08. The van der Waals surface area contributed by atoms with Crippen LogP contribution in [-0.4, -0.2) is 41.7 Å². The maximum atomic E-state index is 12.7. The summed E-state index contributed by atoms with van der Waals surface area (Å²) in [5.41, 5.74) is 1.60. The van der Waals surface area contributed by atoms with E-state index in [4.69, 9.17) is 4.74 Å². The molecule has 28 heavy (non-hydrogen) atoms. The van der Waals surface area contributed by atoms with Crippen LogP contribution in [-0.2, 0) is 17.8 Å². The minimum absolute atomic E-state index is 0.0495. The van der Waals surface area contributed by atoms with Crippen molar-refractivity contribution in [1.29, 1.82) is 0 Å². The molecule has 1 N–H and O–H groups in total. The molecule has 2 heterocycles. The van der Waals surface area contributed by atoms with E-state index in [1.165, 1.54) is 0 Å². The van der Waals surface area contributed by atoms with Crippen LogP contribution in [0, 0.1) is 0 Å². The highest BCUT2D eigenvalue weighted by molar-refractivity contribution is 5.77. The number of ether oxygens (including phenoxy) is 1. The molecule has 2 aromatic rings. The topological polar surface area (TPSA) is 54.5 Å². The summed E-state index contributed by atoms with van der Waals surface area (Å²) in [6.45, 7) is -0.124. The molecule has 0 radical (unpaired) electrons. The molecule has 0 aliphatic carbocycles. The van der Waals surface area contributed by atoms with Crippen molar-refractivity contribution in [1.82, 2.24) is 9.88 Å². The lowest BCUT2D eigenvalue weighted by Gasteiger charge is -2.22. The molecule has 1 aromatic heterocycles. The van der Waals surface area contributed by atoms with Gasteiger partial charge in [0, 0.05) is 25.7 Å². The first-order chi connectivity index (χ1) is 13.4. The van der Waals surface area contributed by atoms with Gasteiger partial charge >= 0.3 is 6.18 Å². The van der Waals surface area contributed by atoms with Crippen LogP contribution in [0.3, 0.4) is 0 Å². The minimum Gasteiger partial charge on any atom is -0.494 e. The number of rotatable bonds is 7. The number of nitrogens with zero attached hydrogens (tertiary/aromatic N) is 2. The first-order valence-electron chi connectivity index (χ1n) is 9.15. The van der Waals surface area contributed by atoms with Crippen molar-refractivity contribution in [2.75, 3.05) is 25.0 Å². The number of aromatic nitrogens is 1. The standard InChI is InChI=1S/C20H22F3N3O2/c21-20(22,23)14-26-13-16-12-17(7-5-15(16)6-8-19(26)27)28-11-3-10-25-18-4-1-2-9-24-18/h1-2,4-5,7,9,12H,3,6,8,10-11,13-14H2,(H,24,25). The van der Waals surface area contributed by atoms with Gasteiger partial charge in [-0.25, -0.2) is 4.98 Å². The number of hydrogen-bond acceptors (Lipinski definition) is 4. The summed E-state index contributed by atoms with van der Waals surface area (Å²) >= 11 is 0. The smallest absolute Gasteiger partial charge is 0.406 e. The van der Waals surface area contributed by atoms with Crippen LogP contribution in [0.2, 0.25) is 0 Å². The highest BCUT2D eigenvalue weighted by atomic mass is 19.4. The Balaban J connectivity index is 1.54. The first-order valence-corrected chi connectivity index (χ1v) is 9.15. The Hall–Kier alpha value is -2.77. The second-order valence-corrected chi connectivity index (χ2v) is 6.64. The van der Waals surface area contributed by atoms with Crippen LogP contribution < -0.4 is 10.1 Å². The summed E-state index contributed by atoms with van der Waals surface area (Å²) in [5, 5.41) is 3.18. The van der Waals surface area contributed by atoms with E-state index in [-0.39, 0.29) is 13.0 Å². The summed E-state index contributed by atoms with van der Waals surface area (Å²) < 4.78 is 43.9. The highest BCUT2D eigenvalue weighted by Gasteiger charge is 2.34. The molecule has 3 rings (SSSR count). The number of aryl methyl sites for hydroxylation is 1. The molecule has 5 nitrogen and oxygen atoms in total. The number of hydrogen-bond donors (Lipinski definition) is 1. The second-order valence-electron chi connectivity index (χ2n) is 6.64. The molecule has 0 atom stereocenters. The van der Waals surface area contributed by atoms with Gasteiger partial charge in [0.05, 0.1) is 6.61 Å². The van der Waals surface area contributed by atoms with E-state index < -0.39 is 18.6 Å². The molecule has 1 amide bonds. The van der Waals surface area contributed by atoms with Crippen LogP contribution in [0.15, 0.2) is 42.6 Å². The third kappa shape index (κ3) is 5.87. The van der Waals surface area contributed by atoms with Crippen molar-refractivity contribution in [2.24, 2.45) is 0 Å². The third-order valence-corrected chi connectivity index (χ3v) is 4.43. The molecule has 0 unspecified atom stereocenters. The zero-order valence-corrected chi connectivity index (χ0v) is 15.3. The average Bonchev–Trinajstić information content (AvgIpc) is 2.80. The molecule has 0 fully saturated rings. The normalized spacial score (nSPS) is 14.4. The number of alkyl halides is 3. The Labute approximate surface area is 161 Å². The molecular weight excluding hydrogens is 371 g/mol. The summed E-state index contributed by atoms with van der Waals surface area (Å²) in [6, 6.07) is 11.0. The lowest BCUT2D eigenvalue weighted by molar-refractivity contribution is -0.162. The quantitative estimate of drug-likeness (QED) is 0.727. The lowest BCUT2D eigenvalue weighted by atomic mass is 10.0. The number of benzene rings is 1. The largest absolute Gasteiger partial charge is 0.494 e. The van der Waals surface area contributed by atoms with E-state index in [0.29, 0.717) is 30.9 Å². The molecule has 1 aliphatic rings. The van der Waals surface area contributed by atoms with Crippen LogP contribution >= 0.6 is 0 Å². The number of anilines is 1. The fraction of sp³-hybridized carbons (Fsp3) is 0.400. The monoisotopic (exact) mass is 393 g/mol. The van der Waals surface area contributed by atoms with Gasteiger partial charge in [-0.15, -0.1) is 0 Å². The van der Waals surface area contributed by atoms with Gasteiger partial charge < -0.3 is 15.0 Å². The van der Waals surface area contributed by atoms with E-state index >= 15 is 0 Å². The van der Waals surface area contributed by atoms with E-state index in [1.54, 1.807) is 18.3 Å². The third-order valence-electron chi connectivity index (χ3n) is 4.43. The van der Waals surface area contributed by atoms with Crippen LogP contribution in [0.25, 0.3) is 0 Å². The molecule has 0 bridgehead atoms. The van der Waals surface area contributed by atoms with Gasteiger partial charge in [-0.1, -0.05) is 12.1 Å². The maximum Gasteiger partial charge on any atom is 0.406 e. The summed E-state index contributed by atoms with van der Waals surface area (Å²) in [4.78, 5) is 17.0. The predicted molar refractivity (Wildman–Crippen MR) is 99.1 cm³/mol. The first kappa shape index (κ1) is 20.0. The molecule has 0 saturated carbocycles. The molecule has 1 aromatic carbocycles. The zero-order chi connectivity index (χ0) is 20.0. The lowest BCUT2D eigenvalue weighted by Crippen LogP contribution is -2.37. The van der Waals surface area contributed by atoms with Gasteiger partial charge in [-0.05, 0) is 48.2 Å². The van der Waals surface area contributed by atoms with Crippen molar-refractivity contribution in [3.8, 4) is 5.75 Å². The van der Waals surface area contributed by atoms with Gasteiger partial charge in [0.25, 0.3) is 0 Å². The van der Waals surface area contributed by atoms with Crippen LogP contribution in [0.4, 0.5) is 19.0 Å². The Morgan fingerprint density at radius 2 is 2.00 bits per heavy atom. The number of pyridine rings is 1. The van der Waals surface area contributed by atoms with Gasteiger partial charge in [0.2, 0.25) is 5.91 Å². The van der Waals surface area contributed by atoms with Crippen LogP contribution in [0.1, 0.15) is 24.0 Å². The Kier molecular flexibility index (Phi) is 6.38. The number of halogens is 3. The molecular formula is C20H22F3N3O2. The summed E-state index contributed by atoms with van der Waals surface area (Å²) in [7, 11) is 0. The van der Waals surface area contributed by atoms with Gasteiger partial charge in [-0.3, -0.25) is 4.79 Å². The molecule has 1 aliphatic heterocycles. The SMILES string of the molecule is O=C1CCc2ccc(OCCCNc3ccccn3)cc2CN1CC(F)(F)F. The van der Waals surface area contributed by atoms with Gasteiger partial charge in [-0.2, -0.15) is 13.2 Å². The molecule has 8 heteroatoms. The van der Waals surface area contributed by atoms with Crippen molar-refractivity contribution in [3.05, 3.63) is 53.7 Å². The molecule has 0 saturated heterocycles. The van der Waals surface area contributed by atoms with Crippen molar-refractivity contribution in [2.45, 2.75) is 32.0 Å². The fourth-order valence-corrected chi connectivity index (χ4v) is 3.08. The van der Waals surface area contributed by atoms with E-state index in [0.717, 1.165) is 22.7 Å². The van der Waals surface area contributed by atoms with Crippen LogP contribution in [0.5, 0.6) is 5.75 Å². The zero-order valence-electron chi connectivity index (χ0n) is 15.3. The van der Waals surface area contributed by atoms with E-state index in [1.807, 2.05) is 24.3 Å². The van der Waals surface area contributed by atoms with E-state index in [2.05, 4.69) is 10.3 Å². The Morgan fingerprint density at radius 1 is 1.14 bits per heavy atom. The van der Waals surface area contributed by atoms with Crippen molar-refractivity contribution in [3.63, 3.8) is 0 Å². The number of carbonyl (C=O) groups is 1. The maximum absolute atomic E-state index is 12.7. The summed E-state index contributed by atoms with van der Waals surface area (Å²) in [6.07, 6.45) is -1.43. The Bertz CT molecular complexity index is 797. The Morgan fingerprint density at radius 3 is 2.75 bits per heavy atom. The van der Waals surface area contributed by atoms with Crippen molar-refractivity contribution < 1.29 is 22.7 Å². The molecule has 0 spiro atoms.